The van der Waals surface area contributed by atoms with E-state index in [4.69, 9.17) is 4.74 Å². The molecule has 4 heteroatoms. The average molecular weight is 283 g/mol. The molecule has 1 atom stereocenters. The van der Waals surface area contributed by atoms with Crippen LogP contribution >= 0.6 is 0 Å². The Morgan fingerprint density at radius 3 is 2.76 bits per heavy atom. The zero-order valence-corrected chi connectivity index (χ0v) is 12.2. The van der Waals surface area contributed by atoms with Gasteiger partial charge in [-0.1, -0.05) is 0 Å². The number of ether oxygens (including phenoxy) is 1. The van der Waals surface area contributed by atoms with Crippen LogP contribution in [-0.4, -0.2) is 29.2 Å². The molecule has 1 saturated heterocycles. The third-order valence-corrected chi connectivity index (χ3v) is 3.84. The highest BCUT2D eigenvalue weighted by molar-refractivity contribution is 5.25. The summed E-state index contributed by atoms with van der Waals surface area (Å²) >= 11 is 0. The van der Waals surface area contributed by atoms with Crippen molar-refractivity contribution in [1.82, 2.24) is 15.3 Å². The maximum Gasteiger partial charge on any atom is 0.137 e. The van der Waals surface area contributed by atoms with Crippen LogP contribution in [0.4, 0.5) is 0 Å². The fraction of sp³-hybridized carbons (Fsp3) is 0.412. The molecule has 0 amide bonds. The largest absolute Gasteiger partial charge is 0.490 e. The van der Waals surface area contributed by atoms with Gasteiger partial charge in [-0.2, -0.15) is 0 Å². The molecule has 2 aromatic rings. The van der Waals surface area contributed by atoms with E-state index in [2.05, 4.69) is 33.5 Å². The molecule has 0 unspecified atom stereocenters. The zero-order chi connectivity index (χ0) is 14.3. The molecule has 0 bridgehead atoms. The highest BCUT2D eigenvalue weighted by Gasteiger charge is 2.14. The highest BCUT2D eigenvalue weighted by Crippen LogP contribution is 2.15. The van der Waals surface area contributed by atoms with Crippen molar-refractivity contribution in [1.29, 1.82) is 0 Å². The molecule has 21 heavy (non-hydrogen) atoms. The molecular formula is C17H21N3O. The van der Waals surface area contributed by atoms with E-state index in [1.165, 1.54) is 24.0 Å². The maximum absolute atomic E-state index is 5.85. The second-order valence-electron chi connectivity index (χ2n) is 5.49. The number of aromatic nitrogens is 2. The molecular weight excluding hydrogens is 262 g/mol. The van der Waals surface area contributed by atoms with Crippen LogP contribution in [0.1, 0.15) is 24.0 Å². The fourth-order valence-electron chi connectivity index (χ4n) is 2.61. The second kappa shape index (κ2) is 7.18. The summed E-state index contributed by atoms with van der Waals surface area (Å²) in [6.45, 7) is 1.84. The summed E-state index contributed by atoms with van der Waals surface area (Å²) in [4.78, 5) is 8.32. The van der Waals surface area contributed by atoms with E-state index in [1.807, 2.05) is 18.6 Å². The zero-order valence-electron chi connectivity index (χ0n) is 12.2. The summed E-state index contributed by atoms with van der Waals surface area (Å²) in [5, 5.41) is 3.44. The smallest absolute Gasteiger partial charge is 0.137 e. The number of nitrogens with one attached hydrogen (secondary N) is 1. The van der Waals surface area contributed by atoms with Crippen LogP contribution in [-0.2, 0) is 12.8 Å². The quantitative estimate of drug-likeness (QED) is 0.884. The van der Waals surface area contributed by atoms with E-state index in [1.54, 1.807) is 6.20 Å². The van der Waals surface area contributed by atoms with E-state index in [0.717, 1.165) is 31.7 Å². The molecule has 0 radical (unpaired) electrons. The van der Waals surface area contributed by atoms with E-state index >= 15 is 0 Å². The first-order chi connectivity index (χ1) is 10.4. The van der Waals surface area contributed by atoms with Gasteiger partial charge in [0.25, 0.3) is 0 Å². The van der Waals surface area contributed by atoms with E-state index < -0.39 is 0 Å². The molecule has 1 aliphatic rings. The Kier molecular flexibility index (Phi) is 4.79. The van der Waals surface area contributed by atoms with Crippen LogP contribution in [0.15, 0.2) is 43.0 Å². The predicted octanol–water partition coefficient (Wildman–Crippen LogP) is 2.39. The lowest BCUT2D eigenvalue weighted by Gasteiger charge is -2.12. The predicted molar refractivity (Wildman–Crippen MR) is 82.4 cm³/mol. The van der Waals surface area contributed by atoms with Gasteiger partial charge in [-0.15, -0.1) is 0 Å². The highest BCUT2D eigenvalue weighted by atomic mass is 16.5. The number of hydrogen-bond acceptors (Lipinski definition) is 4. The van der Waals surface area contributed by atoms with Crippen molar-refractivity contribution in [2.24, 2.45) is 0 Å². The maximum atomic E-state index is 5.85. The number of rotatable bonds is 6. The van der Waals surface area contributed by atoms with Gasteiger partial charge in [-0.25, -0.2) is 0 Å². The monoisotopic (exact) mass is 283 g/mol. The number of aryl methyl sites for hydroxylation is 2. The standard InChI is InChI=1S/C17H21N3O/c1-2-16(20-7-1)13-21-17-10-15(11-19-12-17)4-3-14-5-8-18-9-6-14/h5-6,8-12,16,20H,1-4,7,13H2/t16-/m1/s1. The van der Waals surface area contributed by atoms with Crippen molar-refractivity contribution in [3.8, 4) is 5.75 Å². The van der Waals surface area contributed by atoms with Crippen molar-refractivity contribution in [3.05, 3.63) is 54.1 Å². The molecule has 1 aliphatic heterocycles. The van der Waals surface area contributed by atoms with Crippen LogP contribution in [0.5, 0.6) is 5.75 Å². The summed E-state index contributed by atoms with van der Waals surface area (Å²) in [5.74, 6) is 0.871. The van der Waals surface area contributed by atoms with Crippen molar-refractivity contribution in [3.63, 3.8) is 0 Å². The third kappa shape index (κ3) is 4.26. The molecule has 0 spiro atoms. The molecule has 110 valence electrons. The lowest BCUT2D eigenvalue weighted by Crippen LogP contribution is -2.28. The minimum Gasteiger partial charge on any atom is -0.490 e. The van der Waals surface area contributed by atoms with Crippen molar-refractivity contribution < 1.29 is 4.74 Å². The minimum atomic E-state index is 0.491. The SMILES string of the molecule is c1cc(CCc2cncc(OC[C@H]3CCCN3)c2)ccn1. The Balaban J connectivity index is 1.52. The van der Waals surface area contributed by atoms with Crippen LogP contribution in [0.25, 0.3) is 0 Å². The molecule has 0 aromatic carbocycles. The van der Waals surface area contributed by atoms with Gasteiger partial charge in [0.05, 0.1) is 6.20 Å². The second-order valence-corrected chi connectivity index (χ2v) is 5.49. The molecule has 0 aliphatic carbocycles. The Morgan fingerprint density at radius 2 is 1.95 bits per heavy atom. The Morgan fingerprint density at radius 1 is 1.10 bits per heavy atom. The van der Waals surface area contributed by atoms with Gasteiger partial charge in [0, 0.05) is 24.6 Å². The summed E-state index contributed by atoms with van der Waals surface area (Å²) in [5.41, 5.74) is 2.51. The summed E-state index contributed by atoms with van der Waals surface area (Å²) in [7, 11) is 0. The first kappa shape index (κ1) is 14.0. The Labute approximate surface area is 125 Å². The van der Waals surface area contributed by atoms with Gasteiger partial charge in [0.15, 0.2) is 0 Å². The topological polar surface area (TPSA) is 47.0 Å². The van der Waals surface area contributed by atoms with E-state index in [9.17, 15) is 0 Å². The van der Waals surface area contributed by atoms with Gasteiger partial charge in [0.2, 0.25) is 0 Å². The van der Waals surface area contributed by atoms with Crippen LogP contribution in [0.3, 0.4) is 0 Å². The van der Waals surface area contributed by atoms with Gasteiger partial charge in [0.1, 0.15) is 12.4 Å². The third-order valence-electron chi connectivity index (χ3n) is 3.84. The lowest BCUT2D eigenvalue weighted by atomic mass is 10.1. The van der Waals surface area contributed by atoms with E-state index in [0.29, 0.717) is 6.04 Å². The number of nitrogens with zero attached hydrogens (tertiary/aromatic N) is 2. The van der Waals surface area contributed by atoms with Gasteiger partial charge < -0.3 is 10.1 Å². The van der Waals surface area contributed by atoms with Gasteiger partial charge >= 0.3 is 0 Å². The fourth-order valence-corrected chi connectivity index (χ4v) is 2.61. The summed E-state index contributed by atoms with van der Waals surface area (Å²) in [6.07, 6.45) is 11.8. The Bertz CT molecular complexity index is 553. The Hall–Kier alpha value is -1.94. The molecule has 2 aromatic heterocycles. The minimum absolute atomic E-state index is 0.491. The van der Waals surface area contributed by atoms with Crippen molar-refractivity contribution >= 4 is 0 Å². The lowest BCUT2D eigenvalue weighted by molar-refractivity contribution is 0.276. The molecule has 1 N–H and O–H groups in total. The van der Waals surface area contributed by atoms with Crippen LogP contribution < -0.4 is 10.1 Å². The van der Waals surface area contributed by atoms with Crippen LogP contribution in [0, 0.1) is 0 Å². The number of hydrogen-bond donors (Lipinski definition) is 1. The molecule has 3 heterocycles. The molecule has 3 rings (SSSR count). The van der Waals surface area contributed by atoms with Gasteiger partial charge in [-0.05, 0) is 61.6 Å². The average Bonchev–Trinajstić information content (AvgIpc) is 3.06. The normalized spacial score (nSPS) is 17.8. The molecule has 0 saturated carbocycles. The summed E-state index contributed by atoms with van der Waals surface area (Å²) in [6, 6.07) is 6.70. The van der Waals surface area contributed by atoms with Crippen LogP contribution in [0.2, 0.25) is 0 Å². The first-order valence-electron chi connectivity index (χ1n) is 7.59. The first-order valence-corrected chi connectivity index (χ1v) is 7.59. The van der Waals surface area contributed by atoms with Crippen molar-refractivity contribution in [2.75, 3.05) is 13.2 Å². The number of pyridine rings is 2. The van der Waals surface area contributed by atoms with E-state index in [-0.39, 0.29) is 0 Å². The molecule has 4 nitrogen and oxygen atoms in total. The van der Waals surface area contributed by atoms with Gasteiger partial charge in [-0.3, -0.25) is 9.97 Å². The van der Waals surface area contributed by atoms with Crippen molar-refractivity contribution in [2.45, 2.75) is 31.7 Å². The summed E-state index contributed by atoms with van der Waals surface area (Å²) < 4.78 is 5.85. The molecule has 1 fully saturated rings.